The molecule has 0 bridgehead atoms. The molecule has 104 valence electrons. The Kier molecular flexibility index (Phi) is 4.99. The Hall–Kier alpha value is -1.26. The van der Waals surface area contributed by atoms with Crippen LogP contribution >= 0.6 is 0 Å². The molecule has 18 heavy (non-hydrogen) atoms. The van der Waals surface area contributed by atoms with Crippen molar-refractivity contribution in [1.29, 1.82) is 0 Å². The molecule has 1 saturated carbocycles. The fourth-order valence-corrected chi connectivity index (χ4v) is 2.20. The third kappa shape index (κ3) is 3.37. The van der Waals surface area contributed by atoms with E-state index in [0.717, 1.165) is 12.8 Å². The summed E-state index contributed by atoms with van der Waals surface area (Å²) >= 11 is 0. The van der Waals surface area contributed by atoms with E-state index in [2.05, 4.69) is 5.32 Å². The fraction of sp³-hybridized carbons (Fsp3) is 0.846. The molecule has 5 heteroatoms. The van der Waals surface area contributed by atoms with Gasteiger partial charge < -0.3 is 15.3 Å². The maximum absolute atomic E-state index is 11.9. The average Bonchev–Trinajstić information content (AvgIpc) is 2.88. The number of carboxylic acids is 1. The smallest absolute Gasteiger partial charge is 0.317 e. The van der Waals surface area contributed by atoms with Crippen LogP contribution in [0, 0.1) is 5.41 Å². The summed E-state index contributed by atoms with van der Waals surface area (Å²) in [7, 11) is 1.79. The lowest BCUT2D eigenvalue weighted by molar-refractivity contribution is -0.147. The van der Waals surface area contributed by atoms with Crippen LogP contribution in [0.15, 0.2) is 0 Å². The van der Waals surface area contributed by atoms with Crippen molar-refractivity contribution in [2.45, 2.75) is 52.0 Å². The Balaban J connectivity index is 2.47. The zero-order valence-electron chi connectivity index (χ0n) is 11.5. The average molecular weight is 256 g/mol. The highest BCUT2D eigenvalue weighted by Gasteiger charge is 2.32. The Morgan fingerprint density at radius 3 is 2.39 bits per heavy atom. The van der Waals surface area contributed by atoms with Gasteiger partial charge in [-0.15, -0.1) is 0 Å². The third-order valence-corrected chi connectivity index (χ3v) is 4.12. The van der Waals surface area contributed by atoms with Gasteiger partial charge in [0.1, 0.15) is 0 Å². The first-order valence-corrected chi connectivity index (χ1v) is 6.65. The van der Waals surface area contributed by atoms with E-state index in [-0.39, 0.29) is 12.6 Å². The van der Waals surface area contributed by atoms with Crippen LogP contribution in [0.5, 0.6) is 0 Å². The van der Waals surface area contributed by atoms with Gasteiger partial charge in [-0.1, -0.05) is 19.8 Å². The minimum atomic E-state index is -0.883. The first-order chi connectivity index (χ1) is 8.40. The van der Waals surface area contributed by atoms with Crippen molar-refractivity contribution in [2.75, 3.05) is 13.6 Å². The Labute approximate surface area is 109 Å². The fourth-order valence-electron chi connectivity index (χ4n) is 2.20. The zero-order valence-corrected chi connectivity index (χ0v) is 11.5. The number of carbonyl (C=O) groups excluding carboxylic acids is 1. The molecule has 2 amide bonds. The Bertz CT molecular complexity index is 313. The topological polar surface area (TPSA) is 69.6 Å². The van der Waals surface area contributed by atoms with Gasteiger partial charge in [0.05, 0.1) is 5.41 Å². The number of amides is 2. The number of rotatable bonds is 5. The molecule has 0 aromatic rings. The van der Waals surface area contributed by atoms with Crippen molar-refractivity contribution in [3.8, 4) is 0 Å². The first-order valence-electron chi connectivity index (χ1n) is 6.65. The second-order valence-electron chi connectivity index (χ2n) is 5.43. The van der Waals surface area contributed by atoms with Crippen LogP contribution in [0.3, 0.4) is 0 Å². The zero-order chi connectivity index (χ0) is 13.8. The molecule has 1 unspecified atom stereocenters. The normalized spacial score (nSPS) is 19.3. The van der Waals surface area contributed by atoms with Crippen LogP contribution in [0.1, 0.15) is 46.0 Å². The molecule has 1 atom stereocenters. The molecule has 1 aliphatic carbocycles. The first kappa shape index (κ1) is 14.8. The van der Waals surface area contributed by atoms with E-state index in [9.17, 15) is 9.59 Å². The van der Waals surface area contributed by atoms with Crippen LogP contribution in [-0.2, 0) is 4.79 Å². The summed E-state index contributed by atoms with van der Waals surface area (Å²) < 4.78 is 0. The molecular formula is C13H24N2O3. The lowest BCUT2D eigenvalue weighted by Gasteiger charge is -2.28. The minimum absolute atomic E-state index is 0.164. The van der Waals surface area contributed by atoms with Crippen molar-refractivity contribution < 1.29 is 14.7 Å². The van der Waals surface area contributed by atoms with E-state index in [1.54, 1.807) is 18.9 Å². The van der Waals surface area contributed by atoms with Crippen molar-refractivity contribution in [2.24, 2.45) is 5.41 Å². The predicted octanol–water partition coefficient (Wildman–Crippen LogP) is 2.07. The second kappa shape index (κ2) is 6.07. The third-order valence-electron chi connectivity index (χ3n) is 4.12. The van der Waals surface area contributed by atoms with E-state index in [0.29, 0.717) is 12.5 Å². The Morgan fingerprint density at radius 1 is 1.39 bits per heavy atom. The van der Waals surface area contributed by atoms with Crippen LogP contribution in [0.2, 0.25) is 0 Å². The van der Waals surface area contributed by atoms with Gasteiger partial charge >= 0.3 is 12.0 Å². The van der Waals surface area contributed by atoms with E-state index < -0.39 is 11.4 Å². The lowest BCUT2D eigenvalue weighted by atomic mass is 9.88. The van der Waals surface area contributed by atoms with Crippen molar-refractivity contribution in [3.63, 3.8) is 0 Å². The van der Waals surface area contributed by atoms with Gasteiger partial charge in [-0.3, -0.25) is 4.79 Å². The molecule has 5 nitrogen and oxygen atoms in total. The number of carbonyl (C=O) groups is 2. The molecule has 1 fully saturated rings. The summed E-state index contributed by atoms with van der Waals surface area (Å²) in [6.45, 7) is 3.65. The number of carboxylic acid groups (broad SMARTS) is 1. The predicted molar refractivity (Wildman–Crippen MR) is 69.5 cm³/mol. The molecule has 0 radical (unpaired) electrons. The number of hydrogen-bond acceptors (Lipinski definition) is 2. The Morgan fingerprint density at radius 2 is 1.94 bits per heavy atom. The summed E-state index contributed by atoms with van der Waals surface area (Å²) in [4.78, 5) is 24.8. The summed E-state index contributed by atoms with van der Waals surface area (Å²) in [5.74, 6) is -0.867. The van der Waals surface area contributed by atoms with E-state index in [4.69, 9.17) is 5.11 Å². The van der Waals surface area contributed by atoms with Gasteiger partial charge in [0.25, 0.3) is 0 Å². The number of nitrogens with one attached hydrogen (secondary N) is 1. The molecule has 0 aromatic heterocycles. The quantitative estimate of drug-likeness (QED) is 0.791. The second-order valence-corrected chi connectivity index (χ2v) is 5.43. The highest BCUT2D eigenvalue weighted by atomic mass is 16.4. The molecule has 0 spiro atoms. The van der Waals surface area contributed by atoms with Gasteiger partial charge in [0.15, 0.2) is 0 Å². The van der Waals surface area contributed by atoms with Crippen molar-refractivity contribution in [1.82, 2.24) is 10.2 Å². The van der Waals surface area contributed by atoms with Crippen LogP contribution in [-0.4, -0.2) is 41.6 Å². The van der Waals surface area contributed by atoms with E-state index in [1.165, 1.54) is 12.8 Å². The number of hydrogen-bond donors (Lipinski definition) is 2. The molecule has 1 rings (SSSR count). The summed E-state index contributed by atoms with van der Waals surface area (Å²) in [5, 5.41) is 11.9. The SMILES string of the molecule is CCC(C)(CNC(=O)N(C)C1CCCC1)C(=O)O. The summed E-state index contributed by atoms with van der Waals surface area (Å²) in [6.07, 6.45) is 4.94. The minimum Gasteiger partial charge on any atom is -0.481 e. The highest BCUT2D eigenvalue weighted by Crippen LogP contribution is 2.23. The maximum Gasteiger partial charge on any atom is 0.317 e. The molecular weight excluding hydrogens is 232 g/mol. The largest absolute Gasteiger partial charge is 0.481 e. The molecule has 0 aromatic carbocycles. The highest BCUT2D eigenvalue weighted by molar-refractivity contribution is 5.77. The monoisotopic (exact) mass is 256 g/mol. The van der Waals surface area contributed by atoms with Crippen molar-refractivity contribution >= 4 is 12.0 Å². The lowest BCUT2D eigenvalue weighted by Crippen LogP contribution is -2.47. The molecule has 0 saturated heterocycles. The van der Waals surface area contributed by atoms with Gasteiger partial charge in [-0.05, 0) is 26.2 Å². The van der Waals surface area contributed by atoms with Gasteiger partial charge in [-0.25, -0.2) is 4.79 Å². The molecule has 0 heterocycles. The molecule has 1 aliphatic rings. The summed E-state index contributed by atoms with van der Waals surface area (Å²) in [5.41, 5.74) is -0.883. The van der Waals surface area contributed by atoms with Crippen LogP contribution in [0.4, 0.5) is 4.79 Å². The van der Waals surface area contributed by atoms with Crippen molar-refractivity contribution in [3.05, 3.63) is 0 Å². The van der Waals surface area contributed by atoms with E-state index >= 15 is 0 Å². The van der Waals surface area contributed by atoms with Gasteiger partial charge in [0, 0.05) is 19.6 Å². The van der Waals surface area contributed by atoms with Gasteiger partial charge in [0.2, 0.25) is 0 Å². The number of urea groups is 1. The van der Waals surface area contributed by atoms with Gasteiger partial charge in [-0.2, -0.15) is 0 Å². The number of aliphatic carboxylic acids is 1. The number of nitrogens with zero attached hydrogens (tertiary/aromatic N) is 1. The summed E-state index contributed by atoms with van der Waals surface area (Å²) in [6, 6.07) is 0.144. The standard InChI is InChI=1S/C13H24N2O3/c1-4-13(2,11(16)17)9-14-12(18)15(3)10-7-5-6-8-10/h10H,4-9H2,1-3H3,(H,14,18)(H,16,17). The maximum atomic E-state index is 11.9. The molecule has 0 aliphatic heterocycles. The van der Waals surface area contributed by atoms with Crippen LogP contribution in [0.25, 0.3) is 0 Å². The molecule has 2 N–H and O–H groups in total. The van der Waals surface area contributed by atoms with E-state index in [1.807, 2.05) is 6.92 Å². The van der Waals surface area contributed by atoms with Crippen LogP contribution < -0.4 is 5.32 Å².